The summed E-state index contributed by atoms with van der Waals surface area (Å²) in [5, 5.41) is 2.54. The molecule has 0 aliphatic heterocycles. The molecule has 150 valence electrons. The molecule has 0 atom stereocenters. The molecule has 0 spiro atoms. The van der Waals surface area contributed by atoms with Crippen LogP contribution in [0, 0.1) is 0 Å². The van der Waals surface area contributed by atoms with Gasteiger partial charge >= 0.3 is 5.97 Å². The highest BCUT2D eigenvalue weighted by Crippen LogP contribution is 2.26. The van der Waals surface area contributed by atoms with Crippen molar-refractivity contribution in [3.8, 4) is 5.75 Å². The summed E-state index contributed by atoms with van der Waals surface area (Å²) in [7, 11) is 0. The third-order valence-corrected chi connectivity index (χ3v) is 4.32. The smallest absolute Gasteiger partial charge is 0.306 e. The van der Waals surface area contributed by atoms with Gasteiger partial charge in [0.2, 0.25) is 0 Å². The Balaban J connectivity index is 1.74. The predicted molar refractivity (Wildman–Crippen MR) is 104 cm³/mol. The summed E-state index contributed by atoms with van der Waals surface area (Å²) in [4.78, 5) is 24.1. The van der Waals surface area contributed by atoms with Crippen LogP contribution in [0.25, 0.3) is 0 Å². The van der Waals surface area contributed by atoms with Crippen molar-refractivity contribution in [2.24, 2.45) is 0 Å². The second kappa shape index (κ2) is 11.3. The normalized spacial score (nSPS) is 10.6. The second-order valence-corrected chi connectivity index (χ2v) is 6.72. The fraction of sp³-hybridized carbons (Fsp3) is 0.300. The van der Waals surface area contributed by atoms with Crippen molar-refractivity contribution in [2.45, 2.75) is 30.4 Å². The average molecular weight is 409 g/mol. The summed E-state index contributed by atoms with van der Waals surface area (Å²) in [5.74, 6) is -2.77. The van der Waals surface area contributed by atoms with E-state index in [1.807, 2.05) is 31.2 Å². The number of benzene rings is 2. The number of esters is 1. The predicted octanol–water partition coefficient (Wildman–Crippen LogP) is 4.51. The van der Waals surface area contributed by atoms with Gasteiger partial charge in [-0.2, -0.15) is 8.78 Å². The number of aryl methyl sites for hydroxylation is 1. The molecule has 2 aromatic carbocycles. The van der Waals surface area contributed by atoms with Crippen LogP contribution in [0.3, 0.4) is 0 Å². The molecule has 0 radical (unpaired) electrons. The minimum Gasteiger partial charge on any atom is -0.494 e. The van der Waals surface area contributed by atoms with Crippen molar-refractivity contribution < 1.29 is 27.8 Å². The number of carbonyl (C=O) groups excluding carboxylic acids is 2. The first kappa shape index (κ1) is 21.7. The summed E-state index contributed by atoms with van der Waals surface area (Å²) in [5.41, 5.74) is 1.33. The molecule has 8 heteroatoms. The average Bonchev–Trinajstić information content (AvgIpc) is 2.67. The van der Waals surface area contributed by atoms with E-state index in [-0.39, 0.29) is 6.42 Å². The highest BCUT2D eigenvalue weighted by Gasteiger charge is 2.11. The Morgan fingerprint density at radius 2 is 1.82 bits per heavy atom. The zero-order valence-corrected chi connectivity index (χ0v) is 16.1. The van der Waals surface area contributed by atoms with Gasteiger partial charge < -0.3 is 14.8 Å². The largest absolute Gasteiger partial charge is 0.494 e. The Labute approximate surface area is 166 Å². The second-order valence-electron chi connectivity index (χ2n) is 5.65. The molecular weight excluding hydrogens is 388 g/mol. The summed E-state index contributed by atoms with van der Waals surface area (Å²) in [6.07, 6.45) is 0.566. The van der Waals surface area contributed by atoms with E-state index >= 15 is 0 Å². The molecule has 0 aromatic heterocycles. The minimum atomic E-state index is -2.50. The summed E-state index contributed by atoms with van der Waals surface area (Å²) >= 11 is 0.423. The number of thioether (sulfide) groups is 1. The molecule has 1 amide bonds. The number of anilines is 1. The van der Waals surface area contributed by atoms with Crippen LogP contribution >= 0.6 is 11.8 Å². The van der Waals surface area contributed by atoms with E-state index in [2.05, 4.69) is 5.32 Å². The van der Waals surface area contributed by atoms with E-state index in [4.69, 9.17) is 9.47 Å². The number of halogens is 2. The monoisotopic (exact) mass is 409 g/mol. The Morgan fingerprint density at radius 1 is 1.11 bits per heavy atom. The fourth-order valence-electron chi connectivity index (χ4n) is 2.38. The maximum atomic E-state index is 12.3. The molecule has 0 bridgehead atoms. The van der Waals surface area contributed by atoms with Crippen molar-refractivity contribution >= 4 is 29.3 Å². The van der Waals surface area contributed by atoms with E-state index in [1.165, 1.54) is 24.3 Å². The lowest BCUT2D eigenvalue weighted by atomic mass is 10.1. The lowest BCUT2D eigenvalue weighted by Gasteiger charge is -2.10. The topological polar surface area (TPSA) is 64.6 Å². The van der Waals surface area contributed by atoms with E-state index in [0.717, 1.165) is 11.3 Å². The van der Waals surface area contributed by atoms with Crippen LogP contribution in [-0.2, 0) is 20.7 Å². The maximum absolute atomic E-state index is 12.3. The van der Waals surface area contributed by atoms with Gasteiger partial charge in [-0.15, -0.1) is 0 Å². The first-order valence-electron chi connectivity index (χ1n) is 8.69. The van der Waals surface area contributed by atoms with Crippen LogP contribution in [0.1, 0.15) is 18.9 Å². The van der Waals surface area contributed by atoms with Crippen LogP contribution < -0.4 is 10.1 Å². The SMILES string of the molecule is CCOc1ccccc1CCC(=O)OCC(=O)Nc1ccc(SC(F)F)cc1. The van der Waals surface area contributed by atoms with Crippen molar-refractivity contribution in [3.63, 3.8) is 0 Å². The number of para-hydroxylation sites is 1. The molecule has 1 N–H and O–H groups in total. The van der Waals surface area contributed by atoms with Crippen molar-refractivity contribution in [2.75, 3.05) is 18.5 Å². The molecule has 28 heavy (non-hydrogen) atoms. The molecule has 0 fully saturated rings. The molecule has 0 saturated carbocycles. The zero-order chi connectivity index (χ0) is 20.4. The molecule has 0 aliphatic carbocycles. The number of amides is 1. The Hall–Kier alpha value is -2.61. The van der Waals surface area contributed by atoms with Gasteiger partial charge in [0.1, 0.15) is 5.75 Å². The van der Waals surface area contributed by atoms with E-state index in [1.54, 1.807) is 0 Å². The zero-order valence-electron chi connectivity index (χ0n) is 15.3. The molecule has 2 aromatic rings. The Bertz CT molecular complexity index is 784. The van der Waals surface area contributed by atoms with Gasteiger partial charge in [0.05, 0.1) is 6.61 Å². The van der Waals surface area contributed by atoms with Crippen molar-refractivity contribution in [1.82, 2.24) is 0 Å². The van der Waals surface area contributed by atoms with Gasteiger partial charge in [0.25, 0.3) is 11.7 Å². The number of hydrogen-bond donors (Lipinski definition) is 1. The quantitative estimate of drug-likeness (QED) is 0.462. The fourth-order valence-corrected chi connectivity index (χ4v) is 2.88. The maximum Gasteiger partial charge on any atom is 0.306 e. The van der Waals surface area contributed by atoms with Gasteiger partial charge in [-0.05, 0) is 49.2 Å². The van der Waals surface area contributed by atoms with Crippen LogP contribution in [0.4, 0.5) is 14.5 Å². The Kier molecular flexibility index (Phi) is 8.74. The third-order valence-electron chi connectivity index (χ3n) is 3.60. The van der Waals surface area contributed by atoms with Gasteiger partial charge in [0.15, 0.2) is 6.61 Å². The van der Waals surface area contributed by atoms with E-state index in [9.17, 15) is 18.4 Å². The molecule has 0 heterocycles. The van der Waals surface area contributed by atoms with Crippen molar-refractivity contribution in [3.05, 3.63) is 54.1 Å². The van der Waals surface area contributed by atoms with Crippen LogP contribution in [0.5, 0.6) is 5.75 Å². The molecule has 2 rings (SSSR count). The highest BCUT2D eigenvalue weighted by molar-refractivity contribution is 7.99. The number of hydrogen-bond acceptors (Lipinski definition) is 5. The Morgan fingerprint density at radius 3 is 2.50 bits per heavy atom. The molecular formula is C20H21F2NO4S. The molecule has 0 unspecified atom stereocenters. The molecule has 0 saturated heterocycles. The van der Waals surface area contributed by atoms with Gasteiger partial charge in [-0.25, -0.2) is 0 Å². The number of carbonyl (C=O) groups is 2. The number of ether oxygens (including phenoxy) is 2. The van der Waals surface area contributed by atoms with E-state index in [0.29, 0.717) is 35.4 Å². The minimum absolute atomic E-state index is 0.122. The molecule has 5 nitrogen and oxygen atoms in total. The van der Waals surface area contributed by atoms with Crippen LogP contribution in [0.2, 0.25) is 0 Å². The summed E-state index contributed by atoms with van der Waals surface area (Å²) < 4.78 is 35.0. The number of rotatable bonds is 10. The first-order chi connectivity index (χ1) is 13.5. The van der Waals surface area contributed by atoms with Gasteiger partial charge in [-0.1, -0.05) is 30.0 Å². The number of alkyl halides is 2. The van der Waals surface area contributed by atoms with Gasteiger partial charge in [0, 0.05) is 17.0 Å². The van der Waals surface area contributed by atoms with Crippen molar-refractivity contribution in [1.29, 1.82) is 0 Å². The third kappa shape index (κ3) is 7.56. The lowest BCUT2D eigenvalue weighted by Crippen LogP contribution is -2.21. The highest BCUT2D eigenvalue weighted by atomic mass is 32.2. The van der Waals surface area contributed by atoms with E-state index < -0.39 is 24.2 Å². The number of nitrogens with one attached hydrogen (secondary N) is 1. The standard InChI is InChI=1S/C20H21F2NO4S/c1-2-26-17-6-4-3-5-14(17)7-12-19(25)27-13-18(24)23-15-8-10-16(11-9-15)28-20(21)22/h3-6,8-11,20H,2,7,12-13H2,1H3,(H,23,24). The summed E-state index contributed by atoms with van der Waals surface area (Å²) in [6.45, 7) is 2.00. The molecule has 0 aliphatic rings. The van der Waals surface area contributed by atoms with Crippen LogP contribution in [0.15, 0.2) is 53.4 Å². The van der Waals surface area contributed by atoms with Crippen LogP contribution in [-0.4, -0.2) is 30.8 Å². The lowest BCUT2D eigenvalue weighted by molar-refractivity contribution is -0.147. The first-order valence-corrected chi connectivity index (χ1v) is 9.57. The summed E-state index contributed by atoms with van der Waals surface area (Å²) in [6, 6.07) is 13.4. The van der Waals surface area contributed by atoms with Gasteiger partial charge in [-0.3, -0.25) is 9.59 Å².